The first-order valence-electron chi connectivity index (χ1n) is 6.60. The zero-order chi connectivity index (χ0) is 14.0. The fourth-order valence-corrected chi connectivity index (χ4v) is 2.56. The van der Waals surface area contributed by atoms with Crippen LogP contribution in [0.3, 0.4) is 0 Å². The molecule has 0 radical (unpaired) electrons. The average Bonchev–Trinajstić information content (AvgIpc) is 3.15. The number of carbonyl (C=O) groups is 2. The first-order chi connectivity index (χ1) is 9.04. The fourth-order valence-electron chi connectivity index (χ4n) is 2.56. The van der Waals surface area contributed by atoms with Gasteiger partial charge >= 0.3 is 5.97 Å². The zero-order valence-corrected chi connectivity index (χ0v) is 11.3. The van der Waals surface area contributed by atoms with E-state index in [2.05, 4.69) is 6.07 Å². The van der Waals surface area contributed by atoms with E-state index in [9.17, 15) is 9.59 Å². The third-order valence-corrected chi connectivity index (χ3v) is 3.72. The Bertz CT molecular complexity index is 498. The Hall–Kier alpha value is -1.84. The van der Waals surface area contributed by atoms with Crippen LogP contribution >= 0.6 is 0 Å². The van der Waals surface area contributed by atoms with Crippen LogP contribution in [0, 0.1) is 12.8 Å². The molecule has 2 rings (SSSR count). The van der Waals surface area contributed by atoms with E-state index < -0.39 is 5.97 Å². The Morgan fingerprint density at radius 3 is 2.63 bits per heavy atom. The summed E-state index contributed by atoms with van der Waals surface area (Å²) in [7, 11) is 0. The summed E-state index contributed by atoms with van der Waals surface area (Å²) in [5.41, 5.74) is 2.41. The van der Waals surface area contributed by atoms with Gasteiger partial charge in [-0.25, -0.2) is 0 Å². The molecule has 1 amide bonds. The second-order valence-electron chi connectivity index (χ2n) is 5.05. The molecular formula is C15H19NO3. The number of carboxylic acids is 1. The number of amides is 1. The summed E-state index contributed by atoms with van der Waals surface area (Å²) in [5, 5.41) is 8.80. The molecule has 1 saturated carbocycles. The Labute approximate surface area is 113 Å². The van der Waals surface area contributed by atoms with Gasteiger partial charge in [-0.1, -0.05) is 24.3 Å². The third kappa shape index (κ3) is 2.95. The maximum atomic E-state index is 12.2. The van der Waals surface area contributed by atoms with Crippen LogP contribution in [-0.4, -0.2) is 35.0 Å². The monoisotopic (exact) mass is 261 g/mol. The van der Waals surface area contributed by atoms with Crippen LogP contribution in [0.25, 0.3) is 0 Å². The van der Waals surface area contributed by atoms with Crippen LogP contribution in [0.2, 0.25) is 0 Å². The van der Waals surface area contributed by atoms with Crippen LogP contribution in [-0.2, 0) is 9.59 Å². The third-order valence-electron chi connectivity index (χ3n) is 3.72. The number of likely N-dealkylation sites (N-methyl/N-ethyl adjacent to an activating group) is 1. The molecule has 0 aromatic heterocycles. The van der Waals surface area contributed by atoms with Gasteiger partial charge in [-0.2, -0.15) is 0 Å². The zero-order valence-electron chi connectivity index (χ0n) is 11.3. The van der Waals surface area contributed by atoms with Gasteiger partial charge < -0.3 is 10.0 Å². The number of benzene rings is 1. The Kier molecular flexibility index (Phi) is 3.88. The lowest BCUT2D eigenvalue weighted by Crippen LogP contribution is -2.36. The van der Waals surface area contributed by atoms with E-state index in [-0.39, 0.29) is 24.3 Å². The van der Waals surface area contributed by atoms with E-state index in [0.29, 0.717) is 6.54 Å². The average molecular weight is 261 g/mol. The molecule has 1 aromatic carbocycles. The molecule has 1 fully saturated rings. The topological polar surface area (TPSA) is 57.6 Å². The minimum Gasteiger partial charge on any atom is -0.480 e. The summed E-state index contributed by atoms with van der Waals surface area (Å²) < 4.78 is 0. The summed E-state index contributed by atoms with van der Waals surface area (Å²) in [5.74, 6) is -0.765. The molecule has 4 nitrogen and oxygen atoms in total. The summed E-state index contributed by atoms with van der Waals surface area (Å²) in [6.45, 7) is 4.10. The lowest BCUT2D eigenvalue weighted by molar-refractivity contribution is -0.144. The largest absolute Gasteiger partial charge is 0.480 e. The Balaban J connectivity index is 2.04. The van der Waals surface area contributed by atoms with Crippen molar-refractivity contribution < 1.29 is 14.7 Å². The Morgan fingerprint density at radius 2 is 2.05 bits per heavy atom. The van der Waals surface area contributed by atoms with Crippen molar-refractivity contribution in [2.45, 2.75) is 26.2 Å². The molecule has 1 aromatic rings. The number of hydrogen-bond acceptors (Lipinski definition) is 2. The molecule has 1 N–H and O–H groups in total. The maximum Gasteiger partial charge on any atom is 0.323 e. The van der Waals surface area contributed by atoms with E-state index in [1.807, 2.05) is 32.0 Å². The molecule has 0 bridgehead atoms. The van der Waals surface area contributed by atoms with E-state index in [4.69, 9.17) is 5.11 Å². The smallest absolute Gasteiger partial charge is 0.323 e. The van der Waals surface area contributed by atoms with Crippen molar-refractivity contribution in [2.75, 3.05) is 13.1 Å². The van der Waals surface area contributed by atoms with E-state index in [0.717, 1.165) is 6.42 Å². The molecule has 0 heterocycles. The normalized spacial score (nSPS) is 20.9. The van der Waals surface area contributed by atoms with Crippen molar-refractivity contribution in [2.24, 2.45) is 5.92 Å². The van der Waals surface area contributed by atoms with Gasteiger partial charge in [0.1, 0.15) is 6.54 Å². The highest BCUT2D eigenvalue weighted by molar-refractivity contribution is 5.86. The highest BCUT2D eigenvalue weighted by atomic mass is 16.4. The number of carbonyl (C=O) groups excluding carboxylic acids is 1. The standard InChI is InChI=1S/C15H19NO3/c1-3-16(9-14(17)18)15(19)13-8-12(13)11-7-5-4-6-10(11)2/h4-7,12-13H,3,8-9H2,1-2H3,(H,17,18). The first kappa shape index (κ1) is 13.6. The predicted molar refractivity (Wildman–Crippen MR) is 71.9 cm³/mol. The summed E-state index contributed by atoms with van der Waals surface area (Å²) >= 11 is 0. The maximum absolute atomic E-state index is 12.2. The molecule has 0 saturated heterocycles. The lowest BCUT2D eigenvalue weighted by atomic mass is 10.0. The molecule has 1 aliphatic rings. The van der Waals surface area contributed by atoms with E-state index >= 15 is 0 Å². The fraction of sp³-hybridized carbons (Fsp3) is 0.467. The van der Waals surface area contributed by atoms with Crippen LogP contribution in [0.1, 0.15) is 30.4 Å². The number of aliphatic carboxylic acids is 1. The number of rotatable bonds is 5. The molecule has 4 heteroatoms. The summed E-state index contributed by atoms with van der Waals surface area (Å²) in [6.07, 6.45) is 0.833. The van der Waals surface area contributed by atoms with Gasteiger partial charge in [0.25, 0.3) is 0 Å². The van der Waals surface area contributed by atoms with Gasteiger partial charge in [-0.15, -0.1) is 0 Å². The number of carboxylic acid groups (broad SMARTS) is 1. The van der Waals surface area contributed by atoms with Crippen LogP contribution in [0.4, 0.5) is 0 Å². The van der Waals surface area contributed by atoms with Crippen molar-refractivity contribution in [3.63, 3.8) is 0 Å². The molecule has 0 aliphatic heterocycles. The van der Waals surface area contributed by atoms with Gasteiger partial charge in [-0.05, 0) is 37.3 Å². The van der Waals surface area contributed by atoms with Crippen molar-refractivity contribution in [1.82, 2.24) is 4.90 Å². The molecule has 2 unspecified atom stereocenters. The van der Waals surface area contributed by atoms with Gasteiger partial charge in [0.15, 0.2) is 0 Å². The van der Waals surface area contributed by atoms with E-state index in [1.54, 1.807) is 0 Å². The summed E-state index contributed by atoms with van der Waals surface area (Å²) in [6, 6.07) is 8.07. The van der Waals surface area contributed by atoms with Crippen LogP contribution < -0.4 is 0 Å². The van der Waals surface area contributed by atoms with Gasteiger partial charge in [0.2, 0.25) is 5.91 Å². The van der Waals surface area contributed by atoms with E-state index in [1.165, 1.54) is 16.0 Å². The van der Waals surface area contributed by atoms with Crippen molar-refractivity contribution >= 4 is 11.9 Å². The quantitative estimate of drug-likeness (QED) is 0.882. The number of aryl methyl sites for hydroxylation is 1. The predicted octanol–water partition coefficient (Wildman–Crippen LogP) is 2.03. The van der Waals surface area contributed by atoms with Crippen molar-refractivity contribution in [3.8, 4) is 0 Å². The van der Waals surface area contributed by atoms with Crippen molar-refractivity contribution in [3.05, 3.63) is 35.4 Å². The SMILES string of the molecule is CCN(CC(=O)O)C(=O)C1CC1c1ccccc1C. The lowest BCUT2D eigenvalue weighted by Gasteiger charge is -2.18. The van der Waals surface area contributed by atoms with Crippen molar-refractivity contribution in [1.29, 1.82) is 0 Å². The molecule has 0 spiro atoms. The molecule has 2 atom stereocenters. The van der Waals surface area contributed by atoms with Crippen LogP contribution in [0.15, 0.2) is 24.3 Å². The minimum atomic E-state index is -0.955. The molecule has 19 heavy (non-hydrogen) atoms. The van der Waals surface area contributed by atoms with Gasteiger partial charge in [-0.3, -0.25) is 9.59 Å². The minimum absolute atomic E-state index is 0.0295. The molecule has 102 valence electrons. The molecule has 1 aliphatic carbocycles. The van der Waals surface area contributed by atoms with Gasteiger partial charge in [0, 0.05) is 12.5 Å². The van der Waals surface area contributed by atoms with Gasteiger partial charge in [0.05, 0.1) is 0 Å². The number of hydrogen-bond donors (Lipinski definition) is 1. The number of nitrogens with zero attached hydrogens (tertiary/aromatic N) is 1. The second kappa shape index (κ2) is 5.43. The Morgan fingerprint density at radius 1 is 1.37 bits per heavy atom. The summed E-state index contributed by atoms with van der Waals surface area (Å²) in [4.78, 5) is 24.4. The highest BCUT2D eigenvalue weighted by Gasteiger charge is 2.46. The first-order valence-corrected chi connectivity index (χ1v) is 6.60. The molecular weight excluding hydrogens is 242 g/mol. The highest BCUT2D eigenvalue weighted by Crippen LogP contribution is 2.49. The second-order valence-corrected chi connectivity index (χ2v) is 5.05. The van der Waals surface area contributed by atoms with Crippen LogP contribution in [0.5, 0.6) is 0 Å².